The molecule has 1 aromatic rings. The summed E-state index contributed by atoms with van der Waals surface area (Å²) in [7, 11) is 0. The Balaban J connectivity index is 1.72. The van der Waals surface area contributed by atoms with E-state index in [1.165, 1.54) is 19.3 Å². The average Bonchev–Trinajstić information content (AvgIpc) is 2.53. The number of nitrogens with zero attached hydrogens (tertiary/aromatic N) is 2. The Morgan fingerprint density at radius 2 is 2.04 bits per heavy atom. The van der Waals surface area contributed by atoms with Gasteiger partial charge >= 0.3 is 0 Å². The molecule has 0 bridgehead atoms. The molecule has 138 valence electrons. The van der Waals surface area contributed by atoms with E-state index >= 15 is 0 Å². The van der Waals surface area contributed by atoms with Gasteiger partial charge in [0.05, 0.1) is 5.69 Å². The molecule has 0 saturated heterocycles. The lowest BCUT2D eigenvalue weighted by molar-refractivity contribution is 0.240. The van der Waals surface area contributed by atoms with Crippen molar-refractivity contribution >= 4 is 0 Å². The van der Waals surface area contributed by atoms with Crippen LogP contribution in [0.4, 0.5) is 0 Å². The van der Waals surface area contributed by atoms with Crippen LogP contribution in [0.3, 0.4) is 0 Å². The second-order valence-corrected chi connectivity index (χ2v) is 8.80. The van der Waals surface area contributed by atoms with Gasteiger partial charge in [0, 0.05) is 31.1 Å². The summed E-state index contributed by atoms with van der Waals surface area (Å²) in [6.07, 6.45) is 5.85. The van der Waals surface area contributed by atoms with E-state index in [2.05, 4.69) is 44.5 Å². The van der Waals surface area contributed by atoms with E-state index in [0.29, 0.717) is 5.41 Å². The zero-order valence-corrected chi connectivity index (χ0v) is 16.5. The predicted octanol–water partition coefficient (Wildman–Crippen LogP) is 4.17. The van der Waals surface area contributed by atoms with Gasteiger partial charge in [-0.25, -0.2) is 4.98 Å². The molecule has 0 unspecified atom stereocenters. The Morgan fingerprint density at radius 3 is 2.72 bits per heavy atom. The number of allylic oxidation sites excluding steroid dienone is 1. The maximum Gasteiger partial charge on any atom is 0.254 e. The lowest BCUT2D eigenvalue weighted by Gasteiger charge is -2.36. The van der Waals surface area contributed by atoms with Crippen molar-refractivity contribution in [1.82, 2.24) is 14.9 Å². The van der Waals surface area contributed by atoms with Crippen LogP contribution in [0.25, 0.3) is 0 Å². The molecule has 4 nitrogen and oxygen atoms in total. The quantitative estimate of drug-likeness (QED) is 0.835. The minimum atomic E-state index is 0.0697. The van der Waals surface area contributed by atoms with E-state index in [1.54, 1.807) is 11.1 Å². The van der Waals surface area contributed by atoms with Crippen molar-refractivity contribution in [3.63, 3.8) is 0 Å². The van der Waals surface area contributed by atoms with Crippen molar-refractivity contribution in [3.8, 4) is 0 Å². The molecule has 0 atom stereocenters. The highest BCUT2D eigenvalue weighted by molar-refractivity contribution is 5.24. The van der Waals surface area contributed by atoms with E-state index in [9.17, 15) is 4.79 Å². The molecular weight excluding hydrogens is 310 g/mol. The van der Waals surface area contributed by atoms with Crippen molar-refractivity contribution in [1.29, 1.82) is 0 Å². The maximum absolute atomic E-state index is 12.3. The van der Waals surface area contributed by atoms with Crippen molar-refractivity contribution in [2.45, 2.75) is 79.2 Å². The molecule has 3 rings (SSSR count). The number of fused-ring (bicyclic) bond motifs is 1. The summed E-state index contributed by atoms with van der Waals surface area (Å²) in [4.78, 5) is 22.5. The second-order valence-electron chi connectivity index (χ2n) is 8.80. The highest BCUT2D eigenvalue weighted by atomic mass is 16.1. The molecule has 0 amide bonds. The molecule has 0 radical (unpaired) electrons. The Labute approximate surface area is 151 Å². The van der Waals surface area contributed by atoms with Crippen LogP contribution in [0.1, 0.15) is 83.3 Å². The first-order valence-electron chi connectivity index (χ1n) is 9.81. The standard InChI is InChI=1S/C21H33N3O/c1-14(2)19-22-18-13-24(11-8-16(18)20(25)23-19)12-9-17-15(3)7-6-10-21(17,4)5/h14H,6-13H2,1-5H3,(H,22,23,25). The van der Waals surface area contributed by atoms with Gasteiger partial charge < -0.3 is 4.98 Å². The molecule has 0 spiro atoms. The van der Waals surface area contributed by atoms with Gasteiger partial charge in [-0.15, -0.1) is 0 Å². The topological polar surface area (TPSA) is 49.0 Å². The van der Waals surface area contributed by atoms with E-state index in [-0.39, 0.29) is 11.5 Å². The van der Waals surface area contributed by atoms with Crippen LogP contribution in [-0.4, -0.2) is 28.0 Å². The van der Waals surface area contributed by atoms with Crippen LogP contribution in [0.15, 0.2) is 15.9 Å². The van der Waals surface area contributed by atoms with Gasteiger partial charge in [0.15, 0.2) is 0 Å². The second kappa shape index (κ2) is 7.06. The van der Waals surface area contributed by atoms with Gasteiger partial charge in [0.2, 0.25) is 0 Å². The molecule has 25 heavy (non-hydrogen) atoms. The Hall–Kier alpha value is -1.42. The number of hydrogen-bond acceptors (Lipinski definition) is 3. The average molecular weight is 344 g/mol. The first-order valence-corrected chi connectivity index (χ1v) is 9.81. The van der Waals surface area contributed by atoms with Gasteiger partial charge in [-0.1, -0.05) is 38.8 Å². The molecule has 2 aliphatic rings. The smallest absolute Gasteiger partial charge is 0.254 e. The van der Waals surface area contributed by atoms with Gasteiger partial charge in [-0.05, 0) is 44.4 Å². The third kappa shape index (κ3) is 3.89. The highest BCUT2D eigenvalue weighted by Gasteiger charge is 2.29. The molecule has 1 aromatic heterocycles. The molecule has 0 aromatic carbocycles. The summed E-state index contributed by atoms with van der Waals surface area (Å²) in [5.74, 6) is 1.07. The van der Waals surface area contributed by atoms with Gasteiger partial charge in [0.1, 0.15) is 5.82 Å². The zero-order chi connectivity index (χ0) is 18.2. The third-order valence-electron chi connectivity index (χ3n) is 6.08. The summed E-state index contributed by atoms with van der Waals surface area (Å²) >= 11 is 0. The molecular formula is C21H33N3O. The fraction of sp³-hybridized carbons (Fsp3) is 0.714. The van der Waals surface area contributed by atoms with Crippen molar-refractivity contribution < 1.29 is 0 Å². The van der Waals surface area contributed by atoms with Gasteiger partial charge in [-0.3, -0.25) is 9.69 Å². The summed E-state index contributed by atoms with van der Waals surface area (Å²) in [5, 5.41) is 0. The van der Waals surface area contributed by atoms with Crippen LogP contribution in [0.5, 0.6) is 0 Å². The molecule has 1 aliphatic carbocycles. The minimum Gasteiger partial charge on any atom is -0.310 e. The van der Waals surface area contributed by atoms with Crippen LogP contribution in [0, 0.1) is 5.41 Å². The van der Waals surface area contributed by atoms with Crippen molar-refractivity contribution in [3.05, 3.63) is 38.6 Å². The lowest BCUT2D eigenvalue weighted by atomic mass is 9.71. The van der Waals surface area contributed by atoms with E-state index in [0.717, 1.165) is 49.6 Å². The Morgan fingerprint density at radius 1 is 1.28 bits per heavy atom. The molecule has 4 heteroatoms. The largest absolute Gasteiger partial charge is 0.310 e. The number of H-pyrrole nitrogens is 1. The number of nitrogens with one attached hydrogen (secondary N) is 1. The normalized spacial score (nSPS) is 20.9. The highest BCUT2D eigenvalue weighted by Crippen LogP contribution is 2.41. The monoisotopic (exact) mass is 343 g/mol. The SMILES string of the molecule is CC1=C(CCN2CCc3c(nc(C(C)C)[nH]c3=O)C2)C(C)(C)CCC1. The molecule has 2 heterocycles. The maximum atomic E-state index is 12.3. The first kappa shape index (κ1) is 18.4. The number of aromatic amines is 1. The lowest BCUT2D eigenvalue weighted by Crippen LogP contribution is -2.37. The van der Waals surface area contributed by atoms with Crippen LogP contribution in [0.2, 0.25) is 0 Å². The minimum absolute atomic E-state index is 0.0697. The van der Waals surface area contributed by atoms with Crippen molar-refractivity contribution in [2.24, 2.45) is 5.41 Å². The number of hydrogen-bond donors (Lipinski definition) is 1. The number of aromatic nitrogens is 2. The first-order chi connectivity index (χ1) is 11.8. The van der Waals surface area contributed by atoms with Gasteiger partial charge in [-0.2, -0.15) is 0 Å². The summed E-state index contributed by atoms with van der Waals surface area (Å²) < 4.78 is 0. The Bertz CT molecular complexity index is 727. The van der Waals surface area contributed by atoms with Crippen LogP contribution in [-0.2, 0) is 13.0 Å². The molecule has 0 fully saturated rings. The summed E-state index contributed by atoms with van der Waals surface area (Å²) in [5.41, 5.74) is 5.56. The van der Waals surface area contributed by atoms with E-state index in [1.807, 2.05) is 0 Å². The summed E-state index contributed by atoms with van der Waals surface area (Å²) in [6.45, 7) is 14.1. The molecule has 1 N–H and O–H groups in total. The zero-order valence-electron chi connectivity index (χ0n) is 16.5. The van der Waals surface area contributed by atoms with E-state index in [4.69, 9.17) is 4.98 Å². The van der Waals surface area contributed by atoms with Crippen molar-refractivity contribution in [2.75, 3.05) is 13.1 Å². The fourth-order valence-electron chi connectivity index (χ4n) is 4.47. The third-order valence-corrected chi connectivity index (χ3v) is 6.08. The number of rotatable bonds is 4. The molecule has 0 saturated carbocycles. The fourth-order valence-corrected chi connectivity index (χ4v) is 4.47. The van der Waals surface area contributed by atoms with E-state index < -0.39 is 0 Å². The predicted molar refractivity (Wildman–Crippen MR) is 103 cm³/mol. The van der Waals surface area contributed by atoms with Gasteiger partial charge in [0.25, 0.3) is 5.56 Å². The molecule has 1 aliphatic heterocycles. The van der Waals surface area contributed by atoms with Crippen LogP contribution >= 0.6 is 0 Å². The van der Waals surface area contributed by atoms with Crippen LogP contribution < -0.4 is 5.56 Å². The Kier molecular flexibility index (Phi) is 5.19. The summed E-state index contributed by atoms with van der Waals surface area (Å²) in [6, 6.07) is 0.